The Balaban J connectivity index is 1.20. The molecular formula is C18H26N2O3. The number of piperidine rings is 1. The summed E-state index contributed by atoms with van der Waals surface area (Å²) < 4.78 is 5.34. The molecule has 4 rings (SSSR count). The minimum absolute atomic E-state index is 0.0668. The predicted molar refractivity (Wildman–Crippen MR) is 86.8 cm³/mol. The summed E-state index contributed by atoms with van der Waals surface area (Å²) in [6.07, 6.45) is 8.26. The van der Waals surface area contributed by atoms with E-state index in [4.69, 9.17) is 4.74 Å². The summed E-state index contributed by atoms with van der Waals surface area (Å²) in [5, 5.41) is 13.7. The third kappa shape index (κ3) is 3.23. The lowest BCUT2D eigenvalue weighted by atomic mass is 9.93. The van der Waals surface area contributed by atoms with Gasteiger partial charge in [-0.1, -0.05) is 18.2 Å². The summed E-state index contributed by atoms with van der Waals surface area (Å²) in [7, 11) is 0. The molecular weight excluding hydrogens is 292 g/mol. The number of ether oxygens (including phenoxy) is 1. The van der Waals surface area contributed by atoms with E-state index in [9.17, 15) is 9.90 Å². The molecule has 0 aromatic rings. The van der Waals surface area contributed by atoms with E-state index in [0.29, 0.717) is 31.0 Å². The zero-order valence-electron chi connectivity index (χ0n) is 13.5. The highest BCUT2D eigenvalue weighted by Gasteiger charge is 2.55. The number of carbonyl (C=O) groups excluding carboxylic acids is 1. The Morgan fingerprint density at radius 3 is 2.74 bits per heavy atom. The number of carbonyl (C=O) groups is 1. The third-order valence-electron chi connectivity index (χ3n) is 5.92. The molecule has 2 saturated heterocycles. The van der Waals surface area contributed by atoms with E-state index in [2.05, 4.69) is 10.2 Å². The number of likely N-dealkylation sites (tertiary alicyclic amines) is 1. The maximum absolute atomic E-state index is 12.0. The lowest BCUT2D eigenvalue weighted by molar-refractivity contribution is -0.117. The number of hydrogen-bond acceptors (Lipinski definition) is 4. The van der Waals surface area contributed by atoms with Crippen LogP contribution in [0.4, 0.5) is 0 Å². The molecule has 3 fully saturated rings. The second kappa shape index (κ2) is 6.04. The van der Waals surface area contributed by atoms with Crippen LogP contribution in [0.2, 0.25) is 0 Å². The fourth-order valence-electron chi connectivity index (χ4n) is 4.43. The molecule has 1 saturated carbocycles. The zero-order chi connectivity index (χ0) is 15.9. The molecule has 0 aromatic carbocycles. The highest BCUT2D eigenvalue weighted by molar-refractivity contribution is 5.96. The second-order valence-corrected chi connectivity index (χ2v) is 7.53. The lowest BCUT2D eigenvalue weighted by Crippen LogP contribution is -2.47. The number of allylic oxidation sites excluding steroid dienone is 2. The third-order valence-corrected chi connectivity index (χ3v) is 5.92. The van der Waals surface area contributed by atoms with Crippen LogP contribution in [0.3, 0.4) is 0 Å². The summed E-state index contributed by atoms with van der Waals surface area (Å²) in [5.74, 6) is 2.10. The van der Waals surface area contributed by atoms with Gasteiger partial charge in [-0.15, -0.1) is 0 Å². The summed E-state index contributed by atoms with van der Waals surface area (Å²) in [6.45, 7) is 5.06. The smallest absolute Gasteiger partial charge is 0.250 e. The standard InChI is InChI=1S/C18H26N2O3/c21-17(13-3-1-2-4-13)19-9-14-15-10-20(11-16(14)15)12-18(22)5-7-23-8-6-18/h1,3-4,14-16,22H,2,5-12H2,(H,19,21). The van der Waals surface area contributed by atoms with Gasteiger partial charge in [0.2, 0.25) is 0 Å². The highest BCUT2D eigenvalue weighted by Crippen LogP contribution is 2.51. The molecule has 126 valence electrons. The Morgan fingerprint density at radius 2 is 2.09 bits per heavy atom. The van der Waals surface area contributed by atoms with Crippen molar-refractivity contribution in [3.8, 4) is 0 Å². The minimum atomic E-state index is -0.556. The number of nitrogens with zero attached hydrogens (tertiary/aromatic N) is 1. The van der Waals surface area contributed by atoms with Crippen LogP contribution in [-0.2, 0) is 9.53 Å². The van der Waals surface area contributed by atoms with Crippen molar-refractivity contribution in [3.63, 3.8) is 0 Å². The fourth-order valence-corrected chi connectivity index (χ4v) is 4.43. The van der Waals surface area contributed by atoms with Gasteiger partial charge in [-0.25, -0.2) is 0 Å². The Morgan fingerprint density at radius 1 is 1.35 bits per heavy atom. The summed E-state index contributed by atoms with van der Waals surface area (Å²) in [6, 6.07) is 0. The van der Waals surface area contributed by atoms with Crippen LogP contribution in [0.5, 0.6) is 0 Å². The van der Waals surface area contributed by atoms with Gasteiger partial charge in [-0.05, 0) is 24.2 Å². The molecule has 2 aliphatic carbocycles. The molecule has 5 nitrogen and oxygen atoms in total. The first kappa shape index (κ1) is 15.4. The number of β-amino-alcohol motifs (C(OH)–C–C–N with tert-alkyl or cyclic N) is 1. The van der Waals surface area contributed by atoms with Crippen molar-refractivity contribution < 1.29 is 14.6 Å². The van der Waals surface area contributed by atoms with Gasteiger partial charge in [0, 0.05) is 57.8 Å². The Kier molecular flexibility index (Phi) is 4.03. The molecule has 4 aliphatic rings. The quantitative estimate of drug-likeness (QED) is 0.784. The number of nitrogens with one attached hydrogen (secondary N) is 1. The number of fused-ring (bicyclic) bond motifs is 1. The van der Waals surface area contributed by atoms with E-state index in [1.54, 1.807) is 0 Å². The minimum Gasteiger partial charge on any atom is -0.388 e. The van der Waals surface area contributed by atoms with Crippen LogP contribution in [0.1, 0.15) is 19.3 Å². The molecule has 2 unspecified atom stereocenters. The maximum atomic E-state index is 12.0. The predicted octanol–water partition coefficient (Wildman–Crippen LogP) is 0.708. The van der Waals surface area contributed by atoms with Crippen molar-refractivity contribution in [1.29, 1.82) is 0 Å². The van der Waals surface area contributed by atoms with Crippen LogP contribution in [-0.4, -0.2) is 60.9 Å². The van der Waals surface area contributed by atoms with Gasteiger partial charge in [0.25, 0.3) is 5.91 Å². The zero-order valence-corrected chi connectivity index (χ0v) is 13.5. The first-order valence-electron chi connectivity index (χ1n) is 8.82. The van der Waals surface area contributed by atoms with E-state index in [-0.39, 0.29) is 5.91 Å². The van der Waals surface area contributed by atoms with Gasteiger partial charge in [0.1, 0.15) is 0 Å². The average molecular weight is 318 g/mol. The number of hydrogen-bond donors (Lipinski definition) is 2. The van der Waals surface area contributed by atoms with Crippen molar-refractivity contribution in [2.24, 2.45) is 17.8 Å². The molecule has 2 N–H and O–H groups in total. The largest absolute Gasteiger partial charge is 0.388 e. The van der Waals surface area contributed by atoms with Gasteiger partial charge >= 0.3 is 0 Å². The lowest BCUT2D eigenvalue weighted by Gasteiger charge is -2.36. The number of amides is 1. The molecule has 0 radical (unpaired) electrons. The summed E-state index contributed by atoms with van der Waals surface area (Å²) in [4.78, 5) is 14.4. The molecule has 0 bridgehead atoms. The highest BCUT2D eigenvalue weighted by atomic mass is 16.5. The second-order valence-electron chi connectivity index (χ2n) is 7.53. The van der Waals surface area contributed by atoms with E-state index < -0.39 is 5.60 Å². The van der Waals surface area contributed by atoms with E-state index >= 15 is 0 Å². The van der Waals surface area contributed by atoms with Crippen molar-refractivity contribution in [2.75, 3.05) is 39.4 Å². The Bertz CT molecular complexity index is 524. The van der Waals surface area contributed by atoms with Gasteiger partial charge in [0.15, 0.2) is 0 Å². The van der Waals surface area contributed by atoms with Crippen LogP contribution >= 0.6 is 0 Å². The van der Waals surface area contributed by atoms with Crippen LogP contribution in [0.15, 0.2) is 23.8 Å². The first-order valence-corrected chi connectivity index (χ1v) is 8.82. The van der Waals surface area contributed by atoms with Crippen LogP contribution in [0, 0.1) is 17.8 Å². The van der Waals surface area contributed by atoms with E-state index in [1.807, 2.05) is 18.2 Å². The number of aliphatic hydroxyl groups is 1. The van der Waals surface area contributed by atoms with Crippen LogP contribution in [0.25, 0.3) is 0 Å². The molecule has 1 amide bonds. The molecule has 2 heterocycles. The molecule has 2 atom stereocenters. The van der Waals surface area contributed by atoms with Gasteiger partial charge in [-0.2, -0.15) is 0 Å². The molecule has 0 spiro atoms. The average Bonchev–Trinajstić information content (AvgIpc) is 2.95. The fraction of sp³-hybridized carbons (Fsp3) is 0.722. The van der Waals surface area contributed by atoms with Gasteiger partial charge in [0.05, 0.1) is 5.60 Å². The van der Waals surface area contributed by atoms with Crippen molar-refractivity contribution in [2.45, 2.75) is 24.9 Å². The molecule has 23 heavy (non-hydrogen) atoms. The molecule has 0 aromatic heterocycles. The van der Waals surface area contributed by atoms with Crippen molar-refractivity contribution >= 4 is 5.91 Å². The summed E-state index contributed by atoms with van der Waals surface area (Å²) >= 11 is 0. The summed E-state index contributed by atoms with van der Waals surface area (Å²) in [5.41, 5.74) is 0.249. The maximum Gasteiger partial charge on any atom is 0.250 e. The van der Waals surface area contributed by atoms with E-state index in [0.717, 1.165) is 51.0 Å². The SMILES string of the molecule is O=C(NCC1C2CN(CC3(O)CCOCC3)CC12)C1=CCC=C1. The van der Waals surface area contributed by atoms with Crippen molar-refractivity contribution in [3.05, 3.63) is 23.8 Å². The van der Waals surface area contributed by atoms with Crippen LogP contribution < -0.4 is 5.32 Å². The first-order chi connectivity index (χ1) is 11.1. The van der Waals surface area contributed by atoms with E-state index in [1.165, 1.54) is 0 Å². The van der Waals surface area contributed by atoms with Crippen molar-refractivity contribution in [1.82, 2.24) is 10.2 Å². The normalized spacial score (nSPS) is 35.0. The molecule has 5 heteroatoms. The molecule has 2 aliphatic heterocycles. The Labute approximate surface area is 137 Å². The van der Waals surface area contributed by atoms with Gasteiger partial charge < -0.3 is 15.2 Å². The Hall–Kier alpha value is -1.17. The number of rotatable bonds is 5. The topological polar surface area (TPSA) is 61.8 Å². The monoisotopic (exact) mass is 318 g/mol. The van der Waals surface area contributed by atoms with Gasteiger partial charge in [-0.3, -0.25) is 9.69 Å².